The van der Waals surface area contributed by atoms with E-state index in [1.165, 1.54) is 0 Å². The summed E-state index contributed by atoms with van der Waals surface area (Å²) in [6.45, 7) is 4.64. The summed E-state index contributed by atoms with van der Waals surface area (Å²) in [5.41, 5.74) is 10.8. The van der Waals surface area contributed by atoms with E-state index in [4.69, 9.17) is 11.5 Å². The van der Waals surface area contributed by atoms with Crippen LogP contribution in [0.1, 0.15) is 39.5 Å². The van der Waals surface area contributed by atoms with Gasteiger partial charge in [-0.05, 0) is 26.7 Å². The summed E-state index contributed by atoms with van der Waals surface area (Å²) in [7, 11) is 0. The number of nitrogens with one attached hydrogen (secondary N) is 2. The number of rotatable bonds is 9. The number of hydrogen-bond acceptors (Lipinski definition) is 4. The maximum Gasteiger partial charge on any atom is 0.236 e. The van der Waals surface area contributed by atoms with E-state index in [1.807, 2.05) is 0 Å². The lowest BCUT2D eigenvalue weighted by molar-refractivity contribution is -0.122. The Morgan fingerprint density at radius 2 is 1.17 bits per heavy atom. The second-order valence-corrected chi connectivity index (χ2v) is 4.57. The molecule has 0 fully saturated rings. The topological polar surface area (TPSA) is 110 Å². The van der Waals surface area contributed by atoms with Gasteiger partial charge in [0.25, 0.3) is 0 Å². The summed E-state index contributed by atoms with van der Waals surface area (Å²) in [6.07, 6.45) is 3.90. The van der Waals surface area contributed by atoms with Crippen LogP contribution in [0.5, 0.6) is 0 Å². The van der Waals surface area contributed by atoms with Gasteiger partial charge >= 0.3 is 0 Å². The lowest BCUT2D eigenvalue weighted by Gasteiger charge is -2.08. The first-order chi connectivity index (χ1) is 8.45. The molecule has 0 rings (SSSR count). The molecule has 2 unspecified atom stereocenters. The number of amides is 2. The minimum atomic E-state index is -0.446. The molecule has 6 nitrogen and oxygen atoms in total. The summed E-state index contributed by atoms with van der Waals surface area (Å²) >= 11 is 0. The molecule has 106 valence electrons. The fourth-order valence-electron chi connectivity index (χ4n) is 1.35. The summed E-state index contributed by atoms with van der Waals surface area (Å²) < 4.78 is 0. The SMILES string of the molecule is CC(N)C(=O)NCCCCCCNC(=O)C(C)N. The van der Waals surface area contributed by atoms with Crippen molar-refractivity contribution in [3.63, 3.8) is 0 Å². The summed E-state index contributed by atoms with van der Waals surface area (Å²) in [4.78, 5) is 22.2. The van der Waals surface area contributed by atoms with E-state index in [1.54, 1.807) is 13.8 Å². The molecule has 0 aromatic carbocycles. The molecule has 0 saturated heterocycles. The van der Waals surface area contributed by atoms with E-state index in [0.29, 0.717) is 13.1 Å². The molecule has 0 spiro atoms. The molecule has 0 aliphatic rings. The molecule has 0 aliphatic carbocycles. The van der Waals surface area contributed by atoms with Gasteiger partial charge in [0.15, 0.2) is 0 Å². The molecule has 0 bridgehead atoms. The minimum absolute atomic E-state index is 0.112. The molecule has 0 aliphatic heterocycles. The van der Waals surface area contributed by atoms with Crippen LogP contribution in [0, 0.1) is 0 Å². The minimum Gasteiger partial charge on any atom is -0.355 e. The fraction of sp³-hybridized carbons (Fsp3) is 0.833. The molecule has 6 N–H and O–H groups in total. The smallest absolute Gasteiger partial charge is 0.236 e. The Morgan fingerprint density at radius 3 is 1.44 bits per heavy atom. The third-order valence-corrected chi connectivity index (χ3v) is 2.53. The fourth-order valence-corrected chi connectivity index (χ4v) is 1.35. The molecule has 0 radical (unpaired) electrons. The van der Waals surface area contributed by atoms with E-state index >= 15 is 0 Å². The third-order valence-electron chi connectivity index (χ3n) is 2.53. The average molecular weight is 258 g/mol. The van der Waals surface area contributed by atoms with Crippen molar-refractivity contribution in [2.45, 2.75) is 51.6 Å². The van der Waals surface area contributed by atoms with Crippen LogP contribution in [0.15, 0.2) is 0 Å². The predicted octanol–water partition coefficient (Wildman–Crippen LogP) is -0.526. The first-order valence-electron chi connectivity index (χ1n) is 6.51. The highest BCUT2D eigenvalue weighted by Gasteiger charge is 2.06. The summed E-state index contributed by atoms with van der Waals surface area (Å²) in [5.74, 6) is -0.224. The highest BCUT2D eigenvalue weighted by atomic mass is 16.2. The normalized spacial score (nSPS) is 13.8. The van der Waals surface area contributed by atoms with Gasteiger partial charge in [-0.2, -0.15) is 0 Å². The first-order valence-corrected chi connectivity index (χ1v) is 6.51. The number of hydrogen-bond donors (Lipinski definition) is 4. The molecule has 0 saturated carbocycles. The van der Waals surface area contributed by atoms with E-state index < -0.39 is 12.1 Å². The Morgan fingerprint density at radius 1 is 0.833 bits per heavy atom. The molecule has 2 atom stereocenters. The second kappa shape index (κ2) is 9.85. The van der Waals surface area contributed by atoms with Gasteiger partial charge in [-0.1, -0.05) is 12.8 Å². The highest BCUT2D eigenvalue weighted by molar-refractivity contribution is 5.81. The van der Waals surface area contributed by atoms with Crippen molar-refractivity contribution in [3.8, 4) is 0 Å². The number of carbonyl (C=O) groups excluding carboxylic acids is 2. The molecule has 18 heavy (non-hydrogen) atoms. The zero-order valence-electron chi connectivity index (χ0n) is 11.4. The Kier molecular flexibility index (Phi) is 9.22. The van der Waals surface area contributed by atoms with Crippen LogP contribution in [-0.4, -0.2) is 37.0 Å². The molecular formula is C12H26N4O2. The average Bonchev–Trinajstić information content (AvgIpc) is 2.31. The van der Waals surface area contributed by atoms with Gasteiger partial charge in [-0.3, -0.25) is 9.59 Å². The van der Waals surface area contributed by atoms with Crippen LogP contribution >= 0.6 is 0 Å². The third kappa shape index (κ3) is 8.95. The van der Waals surface area contributed by atoms with Crippen molar-refractivity contribution in [2.75, 3.05) is 13.1 Å². The van der Waals surface area contributed by atoms with Crippen molar-refractivity contribution < 1.29 is 9.59 Å². The van der Waals surface area contributed by atoms with Crippen molar-refractivity contribution >= 4 is 11.8 Å². The van der Waals surface area contributed by atoms with Crippen molar-refractivity contribution in [1.29, 1.82) is 0 Å². The van der Waals surface area contributed by atoms with Crippen molar-refractivity contribution in [1.82, 2.24) is 10.6 Å². The van der Waals surface area contributed by atoms with Crippen molar-refractivity contribution in [2.24, 2.45) is 11.5 Å². The molecule has 2 amide bonds. The van der Waals surface area contributed by atoms with E-state index in [9.17, 15) is 9.59 Å². The largest absolute Gasteiger partial charge is 0.355 e. The standard InChI is InChI=1S/C12H26N4O2/c1-9(13)11(17)15-7-5-3-4-6-8-16-12(18)10(2)14/h9-10H,3-8,13-14H2,1-2H3,(H,15,17)(H,16,18). The van der Waals surface area contributed by atoms with Gasteiger partial charge in [0.2, 0.25) is 11.8 Å². The van der Waals surface area contributed by atoms with Gasteiger partial charge in [0.1, 0.15) is 0 Å². The van der Waals surface area contributed by atoms with Gasteiger partial charge in [-0.15, -0.1) is 0 Å². The summed E-state index contributed by atoms with van der Waals surface area (Å²) in [6, 6.07) is -0.892. The lowest BCUT2D eigenvalue weighted by Crippen LogP contribution is -2.38. The quantitative estimate of drug-likeness (QED) is 0.417. The van der Waals surface area contributed by atoms with Gasteiger partial charge in [0, 0.05) is 13.1 Å². The van der Waals surface area contributed by atoms with Crippen LogP contribution in [0.25, 0.3) is 0 Å². The number of carbonyl (C=O) groups is 2. The number of nitrogens with two attached hydrogens (primary N) is 2. The number of unbranched alkanes of at least 4 members (excludes halogenated alkanes) is 3. The zero-order valence-corrected chi connectivity index (χ0v) is 11.4. The monoisotopic (exact) mass is 258 g/mol. The molecule has 0 aromatic rings. The van der Waals surface area contributed by atoms with Gasteiger partial charge in [-0.25, -0.2) is 0 Å². The maximum absolute atomic E-state index is 11.1. The van der Waals surface area contributed by atoms with Gasteiger partial charge < -0.3 is 22.1 Å². The highest BCUT2D eigenvalue weighted by Crippen LogP contribution is 1.98. The lowest BCUT2D eigenvalue weighted by atomic mass is 10.2. The summed E-state index contributed by atoms with van der Waals surface area (Å²) in [5, 5.41) is 5.51. The van der Waals surface area contributed by atoms with Crippen LogP contribution in [-0.2, 0) is 9.59 Å². The van der Waals surface area contributed by atoms with Crippen LogP contribution in [0.2, 0.25) is 0 Å². The van der Waals surface area contributed by atoms with E-state index in [-0.39, 0.29) is 11.8 Å². The first kappa shape index (κ1) is 16.9. The maximum atomic E-state index is 11.1. The second-order valence-electron chi connectivity index (χ2n) is 4.57. The Balaban J connectivity index is 3.27. The van der Waals surface area contributed by atoms with Crippen molar-refractivity contribution in [3.05, 3.63) is 0 Å². The molecule has 6 heteroatoms. The van der Waals surface area contributed by atoms with Crippen LogP contribution in [0.3, 0.4) is 0 Å². The molecule has 0 aromatic heterocycles. The van der Waals surface area contributed by atoms with E-state index in [0.717, 1.165) is 25.7 Å². The van der Waals surface area contributed by atoms with Gasteiger partial charge in [0.05, 0.1) is 12.1 Å². The molecular weight excluding hydrogens is 232 g/mol. The Bertz CT molecular complexity index is 228. The molecule has 0 heterocycles. The Labute approximate surface area is 109 Å². The van der Waals surface area contributed by atoms with Crippen LogP contribution in [0.4, 0.5) is 0 Å². The Hall–Kier alpha value is -1.14. The van der Waals surface area contributed by atoms with Crippen LogP contribution < -0.4 is 22.1 Å². The predicted molar refractivity (Wildman–Crippen MR) is 71.8 cm³/mol. The van der Waals surface area contributed by atoms with E-state index in [2.05, 4.69) is 10.6 Å². The zero-order chi connectivity index (χ0) is 14.0.